The van der Waals surface area contributed by atoms with Crippen molar-refractivity contribution in [2.45, 2.75) is 38.1 Å². The highest BCUT2D eigenvalue weighted by atomic mass is 16.6. The average Bonchev–Trinajstić information content (AvgIpc) is 3.32. The van der Waals surface area contributed by atoms with Crippen LogP contribution in [0.3, 0.4) is 0 Å². The number of aromatic nitrogens is 2. The second-order valence-corrected chi connectivity index (χ2v) is 10.2. The molecule has 2 bridgehead atoms. The van der Waals surface area contributed by atoms with Crippen LogP contribution in [0.15, 0.2) is 79.0 Å². The summed E-state index contributed by atoms with van der Waals surface area (Å²) in [4.78, 5) is 34.0. The van der Waals surface area contributed by atoms with E-state index in [4.69, 9.17) is 0 Å². The van der Waals surface area contributed by atoms with Crippen molar-refractivity contribution in [3.63, 3.8) is 0 Å². The van der Waals surface area contributed by atoms with E-state index in [1.54, 1.807) is 6.20 Å². The van der Waals surface area contributed by atoms with Gasteiger partial charge in [0.1, 0.15) is 0 Å². The highest BCUT2D eigenvalue weighted by Gasteiger charge is 2.67. The van der Waals surface area contributed by atoms with Gasteiger partial charge in [0.25, 0.3) is 5.54 Å². The van der Waals surface area contributed by atoms with Gasteiger partial charge in [0.05, 0.1) is 11.6 Å². The number of hydrogen-bond donors (Lipinski definition) is 2. The van der Waals surface area contributed by atoms with Crippen molar-refractivity contribution in [3.8, 4) is 0 Å². The predicted octanol–water partition coefficient (Wildman–Crippen LogP) is 5.32. The van der Waals surface area contributed by atoms with Crippen LogP contribution in [0.4, 0.5) is 5.95 Å². The molecule has 0 aliphatic heterocycles. The molecule has 0 fully saturated rings. The Balaban J connectivity index is 1.36. The molecule has 1 unspecified atom stereocenters. The zero-order valence-electron chi connectivity index (χ0n) is 20.1. The largest absolute Gasteiger partial charge is 0.328 e. The number of anilines is 1. The van der Waals surface area contributed by atoms with Crippen molar-refractivity contribution in [3.05, 3.63) is 128 Å². The number of rotatable bonds is 5. The van der Waals surface area contributed by atoms with E-state index in [2.05, 4.69) is 39.6 Å². The summed E-state index contributed by atoms with van der Waals surface area (Å²) in [6, 6.07) is 23.2. The van der Waals surface area contributed by atoms with Crippen LogP contribution >= 0.6 is 0 Å². The van der Waals surface area contributed by atoms with Gasteiger partial charge in [-0.25, -0.2) is 4.98 Å². The molecule has 0 saturated carbocycles. The molecule has 0 radical (unpaired) electrons. The fraction of sp³-hybridized carbons (Fsp3) is 0.241. The number of H-pyrrole nitrogens is 1. The number of carbonyl (C=O) groups is 1. The lowest BCUT2D eigenvalue weighted by molar-refractivity contribution is -0.573. The van der Waals surface area contributed by atoms with Crippen LogP contribution in [-0.2, 0) is 16.8 Å². The van der Waals surface area contributed by atoms with Crippen molar-refractivity contribution in [1.82, 2.24) is 9.97 Å². The smallest absolute Gasteiger partial charge is 0.273 e. The molecule has 3 aromatic carbocycles. The summed E-state index contributed by atoms with van der Waals surface area (Å²) >= 11 is 0. The molecule has 7 nitrogen and oxygen atoms in total. The summed E-state index contributed by atoms with van der Waals surface area (Å²) in [6.45, 7) is 3.89. The number of imidazole rings is 1. The molecule has 7 heteroatoms. The van der Waals surface area contributed by atoms with Crippen LogP contribution in [0.25, 0.3) is 0 Å². The van der Waals surface area contributed by atoms with E-state index in [9.17, 15) is 14.9 Å². The maximum atomic E-state index is 13.9. The minimum Gasteiger partial charge on any atom is -0.328 e. The summed E-state index contributed by atoms with van der Waals surface area (Å²) in [7, 11) is 0. The van der Waals surface area contributed by atoms with Gasteiger partial charge in [0.2, 0.25) is 11.9 Å². The van der Waals surface area contributed by atoms with E-state index in [1.165, 1.54) is 5.56 Å². The number of nitro groups is 1. The van der Waals surface area contributed by atoms with E-state index < -0.39 is 11.0 Å². The van der Waals surface area contributed by atoms with Gasteiger partial charge < -0.3 is 4.98 Å². The SMILES string of the molecule is Cc1ccc(Cc2cnc(NC(=O)C3(C)CC4([N+](=O)[O-])c5ccccc5C3c3ccccc34)[nH]2)cc1. The molecule has 1 heterocycles. The molecule has 3 aliphatic rings. The highest BCUT2D eigenvalue weighted by Crippen LogP contribution is 2.63. The first kappa shape index (κ1) is 22.2. The van der Waals surface area contributed by atoms with Gasteiger partial charge in [-0.3, -0.25) is 20.2 Å². The third-order valence-electron chi connectivity index (χ3n) is 7.90. The summed E-state index contributed by atoms with van der Waals surface area (Å²) in [5.41, 5.74) is 3.74. The van der Waals surface area contributed by atoms with E-state index in [-0.39, 0.29) is 23.2 Å². The number of nitrogens with zero attached hydrogens (tertiary/aromatic N) is 2. The monoisotopic (exact) mass is 478 g/mol. The molecule has 0 saturated heterocycles. The molecular weight excluding hydrogens is 452 g/mol. The summed E-state index contributed by atoms with van der Waals surface area (Å²) in [6.07, 6.45) is 2.45. The predicted molar refractivity (Wildman–Crippen MR) is 136 cm³/mol. The zero-order chi connectivity index (χ0) is 25.1. The highest BCUT2D eigenvalue weighted by molar-refractivity contribution is 5.96. The van der Waals surface area contributed by atoms with Gasteiger partial charge in [0, 0.05) is 40.5 Å². The van der Waals surface area contributed by atoms with Crippen LogP contribution in [0.1, 0.15) is 58.3 Å². The fourth-order valence-electron chi connectivity index (χ4n) is 6.23. The quantitative estimate of drug-likeness (QED) is 0.299. The topological polar surface area (TPSA) is 101 Å². The van der Waals surface area contributed by atoms with Crippen molar-refractivity contribution >= 4 is 11.9 Å². The molecule has 4 aromatic rings. The molecule has 180 valence electrons. The average molecular weight is 479 g/mol. The number of carbonyl (C=O) groups excluding carboxylic acids is 1. The van der Waals surface area contributed by atoms with E-state index in [0.717, 1.165) is 22.4 Å². The first-order chi connectivity index (χ1) is 17.3. The van der Waals surface area contributed by atoms with Gasteiger partial charge in [-0.15, -0.1) is 0 Å². The molecular formula is C29H26N4O3. The molecule has 3 aliphatic carbocycles. The van der Waals surface area contributed by atoms with Crippen molar-refractivity contribution in [2.75, 3.05) is 5.32 Å². The zero-order valence-corrected chi connectivity index (χ0v) is 20.1. The summed E-state index contributed by atoms with van der Waals surface area (Å²) in [5, 5.41) is 15.7. The number of hydrogen-bond acceptors (Lipinski definition) is 4. The Morgan fingerprint density at radius 1 is 1.06 bits per heavy atom. The number of aromatic amines is 1. The summed E-state index contributed by atoms with van der Waals surface area (Å²) in [5.74, 6) is -0.228. The third-order valence-corrected chi connectivity index (χ3v) is 7.90. The van der Waals surface area contributed by atoms with Crippen LogP contribution in [0.5, 0.6) is 0 Å². The van der Waals surface area contributed by atoms with E-state index in [0.29, 0.717) is 23.5 Å². The molecule has 1 amide bonds. The fourth-order valence-corrected chi connectivity index (χ4v) is 6.23. The van der Waals surface area contributed by atoms with Crippen LogP contribution in [0, 0.1) is 22.5 Å². The Labute approximate surface area is 208 Å². The standard InChI is InChI=1S/C29H26N4O3/c1-18-11-13-19(14-12-18)15-20-16-30-27(31-20)32-26(34)28(2)17-29(33(35)36)23-9-5-3-7-21(23)25(28)22-8-4-6-10-24(22)29/h3-14,16,25H,15,17H2,1-2H3,(H2,30,31,32,34). The van der Waals surface area contributed by atoms with Crippen molar-refractivity contribution in [2.24, 2.45) is 5.41 Å². The van der Waals surface area contributed by atoms with Gasteiger partial charge in [-0.2, -0.15) is 0 Å². The van der Waals surface area contributed by atoms with Crippen molar-refractivity contribution in [1.29, 1.82) is 0 Å². The Bertz CT molecular complexity index is 1460. The molecule has 36 heavy (non-hydrogen) atoms. The normalized spacial score (nSPS) is 23.6. The molecule has 1 atom stereocenters. The second kappa shape index (κ2) is 7.88. The minimum atomic E-state index is -1.48. The third kappa shape index (κ3) is 3.12. The summed E-state index contributed by atoms with van der Waals surface area (Å²) < 4.78 is 0. The Morgan fingerprint density at radius 3 is 2.28 bits per heavy atom. The number of nitrogens with one attached hydrogen (secondary N) is 2. The van der Waals surface area contributed by atoms with Gasteiger partial charge in [0.15, 0.2) is 0 Å². The molecule has 0 spiro atoms. The van der Waals surface area contributed by atoms with Gasteiger partial charge in [-0.1, -0.05) is 78.4 Å². The Kier molecular flexibility index (Phi) is 4.86. The van der Waals surface area contributed by atoms with E-state index in [1.807, 2.05) is 62.4 Å². The molecule has 2 N–H and O–H groups in total. The number of aryl methyl sites for hydroxylation is 1. The minimum absolute atomic E-state index is 0.0778. The van der Waals surface area contributed by atoms with E-state index >= 15 is 0 Å². The lowest BCUT2D eigenvalue weighted by atomic mass is 9.49. The first-order valence-electron chi connectivity index (χ1n) is 12.1. The van der Waals surface area contributed by atoms with Gasteiger partial charge in [-0.05, 0) is 30.5 Å². The Morgan fingerprint density at radius 2 is 1.67 bits per heavy atom. The van der Waals surface area contributed by atoms with Crippen molar-refractivity contribution < 1.29 is 9.72 Å². The first-order valence-corrected chi connectivity index (χ1v) is 12.1. The van der Waals surface area contributed by atoms with Gasteiger partial charge >= 0.3 is 0 Å². The van der Waals surface area contributed by atoms with Crippen LogP contribution < -0.4 is 5.32 Å². The maximum Gasteiger partial charge on any atom is 0.273 e. The number of fused-ring (bicyclic) bond motifs is 1. The van der Waals surface area contributed by atoms with Crippen LogP contribution in [0.2, 0.25) is 0 Å². The lowest BCUT2D eigenvalue weighted by Gasteiger charge is -2.52. The molecule has 7 rings (SSSR count). The maximum absolute atomic E-state index is 13.9. The lowest BCUT2D eigenvalue weighted by Crippen LogP contribution is -2.57. The second-order valence-electron chi connectivity index (χ2n) is 10.2. The number of benzene rings is 3. The van der Waals surface area contributed by atoms with Crippen LogP contribution in [-0.4, -0.2) is 20.8 Å². The Hall–Kier alpha value is -4.26. The molecule has 1 aromatic heterocycles. The number of amides is 1.